The smallest absolute Gasteiger partial charge is 0.244 e. The molecule has 0 fully saturated rings. The number of carbonyl (C=O) groups excluding carboxylic acids is 2. The fourth-order valence-electron chi connectivity index (χ4n) is 3.80. The minimum atomic E-state index is -0.592. The Labute approximate surface area is 181 Å². The topological polar surface area (TPSA) is 40.4 Å². The molecule has 0 radical (unpaired) electrons. The largest absolute Gasteiger partial charge is 0.506 e. The van der Waals surface area contributed by atoms with Crippen molar-refractivity contribution in [2.24, 2.45) is 0 Å². The molecule has 5 rings (SSSR count). The number of carbonyl (C=O) groups is 2. The molecule has 1 atom stereocenters. The molecular formula is C23H15ClFN2O2S+. The van der Waals surface area contributed by atoms with E-state index in [-0.39, 0.29) is 12.5 Å². The maximum atomic E-state index is 14.4. The van der Waals surface area contributed by atoms with Crippen LogP contribution in [0.4, 0.5) is 14.9 Å². The van der Waals surface area contributed by atoms with Crippen molar-refractivity contribution >= 4 is 46.7 Å². The van der Waals surface area contributed by atoms with E-state index < -0.39 is 17.1 Å². The highest BCUT2D eigenvalue weighted by Crippen LogP contribution is 2.41. The summed E-state index contributed by atoms with van der Waals surface area (Å²) in [5, 5.41) is -0.170. The molecule has 0 aromatic heterocycles. The van der Waals surface area contributed by atoms with Gasteiger partial charge in [0.1, 0.15) is 23.8 Å². The van der Waals surface area contributed by atoms with Crippen molar-refractivity contribution < 1.29 is 18.6 Å². The summed E-state index contributed by atoms with van der Waals surface area (Å²) in [6.45, 7) is 0.0244. The zero-order chi connectivity index (χ0) is 20.8. The maximum Gasteiger partial charge on any atom is 0.506 e. The first kappa shape index (κ1) is 19.0. The van der Waals surface area contributed by atoms with Crippen molar-refractivity contribution in [3.05, 3.63) is 94.8 Å². The molecule has 3 aromatic rings. The van der Waals surface area contributed by atoms with Gasteiger partial charge in [0.25, 0.3) is 0 Å². The van der Waals surface area contributed by atoms with Gasteiger partial charge in [0.15, 0.2) is 5.25 Å². The third kappa shape index (κ3) is 3.04. The Morgan fingerprint density at radius 1 is 1.00 bits per heavy atom. The fraction of sp³-hybridized carbons (Fsp3) is 0.0870. The summed E-state index contributed by atoms with van der Waals surface area (Å²) < 4.78 is 15.9. The lowest BCUT2D eigenvalue weighted by molar-refractivity contribution is -0.444. The van der Waals surface area contributed by atoms with Crippen LogP contribution in [0.3, 0.4) is 0 Å². The minimum Gasteiger partial charge on any atom is -0.244 e. The van der Waals surface area contributed by atoms with Crippen molar-refractivity contribution in [3.63, 3.8) is 0 Å². The number of halogens is 2. The van der Waals surface area contributed by atoms with Crippen LogP contribution in [-0.2, 0) is 11.3 Å². The standard InChI is InChI=1S/C23H15ClFN2O2S/c24-15-7-5-8-16(12-15)27-22(28)21-20(17-9-2-4-11-19(17)30-21)26(23(27)29)13-14-6-1-3-10-18(14)25/h1-12,21H,13H2/q+1. The molecule has 0 bridgehead atoms. The van der Waals surface area contributed by atoms with Crippen LogP contribution < -0.4 is 4.90 Å². The van der Waals surface area contributed by atoms with Crippen LogP contribution >= 0.6 is 23.4 Å². The van der Waals surface area contributed by atoms with Crippen molar-refractivity contribution in [1.29, 1.82) is 0 Å². The highest BCUT2D eigenvalue weighted by atomic mass is 35.5. The van der Waals surface area contributed by atoms with Gasteiger partial charge in [-0.3, -0.25) is 0 Å². The van der Waals surface area contributed by atoms with Crippen LogP contribution in [0.25, 0.3) is 0 Å². The fourth-order valence-corrected chi connectivity index (χ4v) is 5.26. The lowest BCUT2D eigenvalue weighted by atomic mass is 10.0. The number of nitrogens with zero attached hydrogens (tertiary/aromatic N) is 2. The van der Waals surface area contributed by atoms with E-state index in [4.69, 9.17) is 11.6 Å². The number of imide groups is 1. The van der Waals surface area contributed by atoms with Gasteiger partial charge < -0.3 is 0 Å². The molecule has 2 aliphatic heterocycles. The number of anilines is 1. The quantitative estimate of drug-likeness (QED) is 0.534. The van der Waals surface area contributed by atoms with Gasteiger partial charge in [0.2, 0.25) is 0 Å². The second kappa shape index (κ2) is 7.38. The summed E-state index contributed by atoms with van der Waals surface area (Å²) >= 11 is 7.51. The van der Waals surface area contributed by atoms with Gasteiger partial charge >= 0.3 is 11.9 Å². The molecule has 0 saturated carbocycles. The first-order chi connectivity index (χ1) is 14.5. The second-order valence-corrected chi connectivity index (χ2v) is 8.58. The van der Waals surface area contributed by atoms with Gasteiger partial charge in [-0.2, -0.15) is 9.37 Å². The normalized spacial score (nSPS) is 17.9. The van der Waals surface area contributed by atoms with Crippen LogP contribution in [-0.4, -0.2) is 27.5 Å². The Kier molecular flexibility index (Phi) is 4.68. The molecule has 148 valence electrons. The molecule has 0 N–H and O–H groups in total. The van der Waals surface area contributed by atoms with Gasteiger partial charge in [0.05, 0.1) is 0 Å². The molecule has 30 heavy (non-hydrogen) atoms. The monoisotopic (exact) mass is 437 g/mol. The van der Waals surface area contributed by atoms with Crippen LogP contribution in [0.1, 0.15) is 11.1 Å². The summed E-state index contributed by atoms with van der Waals surface area (Å²) in [5.74, 6) is -0.726. The molecular weight excluding hydrogens is 423 g/mol. The van der Waals surface area contributed by atoms with Crippen molar-refractivity contribution in [1.82, 2.24) is 0 Å². The summed E-state index contributed by atoms with van der Waals surface area (Å²) in [6.07, 6.45) is 0. The number of fused-ring (bicyclic) bond motifs is 3. The van der Waals surface area contributed by atoms with E-state index in [0.717, 1.165) is 15.4 Å². The van der Waals surface area contributed by atoms with E-state index in [1.54, 1.807) is 42.5 Å². The first-order valence-corrected chi connectivity index (χ1v) is 10.6. The van der Waals surface area contributed by atoms with Crippen molar-refractivity contribution in [2.45, 2.75) is 16.7 Å². The lowest BCUT2D eigenvalue weighted by Gasteiger charge is -2.24. The Hall–Kier alpha value is -2.96. The number of thioether (sulfide) groups is 1. The van der Waals surface area contributed by atoms with Gasteiger partial charge in [-0.05, 0) is 30.3 Å². The third-order valence-electron chi connectivity index (χ3n) is 5.17. The molecule has 0 saturated heterocycles. The third-order valence-corrected chi connectivity index (χ3v) is 6.67. The predicted octanol–water partition coefficient (Wildman–Crippen LogP) is 5.12. The molecule has 3 aromatic carbocycles. The predicted molar refractivity (Wildman–Crippen MR) is 115 cm³/mol. The molecule has 4 nitrogen and oxygen atoms in total. The van der Waals surface area contributed by atoms with E-state index in [2.05, 4.69) is 0 Å². The van der Waals surface area contributed by atoms with Crippen LogP contribution in [0.15, 0.2) is 77.7 Å². The Morgan fingerprint density at radius 2 is 1.77 bits per heavy atom. The van der Waals surface area contributed by atoms with E-state index in [1.165, 1.54) is 22.4 Å². The number of hydrogen-bond acceptors (Lipinski definition) is 3. The minimum absolute atomic E-state index is 0.0244. The summed E-state index contributed by atoms with van der Waals surface area (Å²) in [4.78, 5) is 29.0. The van der Waals surface area contributed by atoms with Gasteiger partial charge in [-0.15, -0.1) is 16.7 Å². The van der Waals surface area contributed by atoms with Crippen LogP contribution in [0, 0.1) is 5.82 Å². The van der Waals surface area contributed by atoms with E-state index in [0.29, 0.717) is 22.0 Å². The lowest BCUT2D eigenvalue weighted by Crippen LogP contribution is -2.55. The molecule has 7 heteroatoms. The summed E-state index contributed by atoms with van der Waals surface area (Å²) in [7, 11) is 0. The van der Waals surface area contributed by atoms with Crippen molar-refractivity contribution in [3.8, 4) is 0 Å². The number of rotatable bonds is 3. The average Bonchev–Trinajstić information content (AvgIpc) is 3.13. The zero-order valence-corrected chi connectivity index (χ0v) is 17.2. The highest BCUT2D eigenvalue weighted by molar-refractivity contribution is 8.02. The number of amides is 3. The highest BCUT2D eigenvalue weighted by Gasteiger charge is 2.53. The van der Waals surface area contributed by atoms with Crippen LogP contribution in [0.5, 0.6) is 0 Å². The van der Waals surface area contributed by atoms with E-state index in [9.17, 15) is 14.0 Å². The molecule has 0 spiro atoms. The SMILES string of the molecule is O=C1C2Sc3ccccc3C2=[N+](Cc2ccccc2F)C(=O)N1c1cccc(Cl)c1. The Bertz CT molecular complexity index is 1240. The molecule has 2 aliphatic rings. The first-order valence-electron chi connectivity index (χ1n) is 9.32. The van der Waals surface area contributed by atoms with Gasteiger partial charge in [-0.1, -0.05) is 48.0 Å². The number of hydrogen-bond donors (Lipinski definition) is 0. The molecule has 3 amide bonds. The van der Waals surface area contributed by atoms with Crippen LogP contribution in [0.2, 0.25) is 5.02 Å². The Morgan fingerprint density at radius 3 is 2.57 bits per heavy atom. The average molecular weight is 438 g/mol. The molecule has 1 unspecified atom stereocenters. The second-order valence-electron chi connectivity index (χ2n) is 6.99. The summed E-state index contributed by atoms with van der Waals surface area (Å²) in [5.41, 5.74) is 2.21. The Balaban J connectivity index is 1.70. The number of benzene rings is 3. The molecule has 2 heterocycles. The molecule has 0 aliphatic carbocycles. The number of urea groups is 1. The van der Waals surface area contributed by atoms with Gasteiger partial charge in [-0.25, -0.2) is 9.18 Å². The zero-order valence-electron chi connectivity index (χ0n) is 15.6. The summed E-state index contributed by atoms with van der Waals surface area (Å²) in [6, 6.07) is 20.0. The van der Waals surface area contributed by atoms with Gasteiger partial charge in [0, 0.05) is 27.1 Å². The maximum absolute atomic E-state index is 14.4. The van der Waals surface area contributed by atoms with E-state index >= 15 is 0 Å². The van der Waals surface area contributed by atoms with E-state index in [1.807, 2.05) is 24.3 Å². The van der Waals surface area contributed by atoms with Crippen molar-refractivity contribution in [2.75, 3.05) is 4.90 Å².